The molecule has 24 heavy (non-hydrogen) atoms. The van der Waals surface area contributed by atoms with Crippen molar-refractivity contribution in [3.8, 4) is 0 Å². The van der Waals surface area contributed by atoms with Crippen molar-refractivity contribution >= 4 is 40.9 Å². The number of amides is 1. The Kier molecular flexibility index (Phi) is 6.95. The normalized spacial score (nSPS) is 11.1. The van der Waals surface area contributed by atoms with Gasteiger partial charge in [0.1, 0.15) is 6.33 Å². The number of carbonyl (C=O) groups excluding carboxylic acids is 1. The highest BCUT2D eigenvalue weighted by Crippen LogP contribution is 2.24. The summed E-state index contributed by atoms with van der Waals surface area (Å²) in [5.41, 5.74) is 0.954. The minimum Gasteiger partial charge on any atom is -0.338 e. The number of carbonyl (C=O) groups is 1. The Morgan fingerprint density at radius 2 is 2.08 bits per heavy atom. The fourth-order valence-electron chi connectivity index (χ4n) is 2.14. The molecule has 1 aromatic heterocycles. The van der Waals surface area contributed by atoms with Crippen LogP contribution in [0.15, 0.2) is 29.7 Å². The van der Waals surface area contributed by atoms with Crippen molar-refractivity contribution in [2.24, 2.45) is 0 Å². The van der Waals surface area contributed by atoms with Gasteiger partial charge in [-0.3, -0.25) is 4.79 Å². The summed E-state index contributed by atoms with van der Waals surface area (Å²) in [7, 11) is 0. The molecule has 0 atom stereocenters. The number of benzene rings is 1. The molecule has 2 aromatic rings. The van der Waals surface area contributed by atoms with Crippen LogP contribution >= 0.6 is 35.0 Å². The highest BCUT2D eigenvalue weighted by atomic mass is 35.5. The first kappa shape index (κ1) is 19.1. The van der Waals surface area contributed by atoms with Gasteiger partial charge in [0.25, 0.3) is 0 Å². The maximum atomic E-state index is 12.5. The van der Waals surface area contributed by atoms with E-state index < -0.39 is 0 Å². The number of hydrogen-bond donors (Lipinski definition) is 0. The highest BCUT2D eigenvalue weighted by molar-refractivity contribution is 7.99. The molecule has 130 valence electrons. The van der Waals surface area contributed by atoms with Crippen LogP contribution in [0.1, 0.15) is 32.4 Å². The molecular formula is C16H20Cl2N4OS. The van der Waals surface area contributed by atoms with Crippen molar-refractivity contribution in [3.05, 3.63) is 40.1 Å². The van der Waals surface area contributed by atoms with Crippen molar-refractivity contribution in [2.75, 3.05) is 12.3 Å². The Balaban J connectivity index is 1.98. The first-order chi connectivity index (χ1) is 11.4. The third-order valence-corrected chi connectivity index (χ3v) is 5.19. The quantitative estimate of drug-likeness (QED) is 0.665. The summed E-state index contributed by atoms with van der Waals surface area (Å²) >= 11 is 13.4. The van der Waals surface area contributed by atoms with E-state index in [4.69, 9.17) is 23.2 Å². The standard InChI is InChI=1S/C16H20Cl2N4OS/c1-4-21(8-12-5-6-13(17)14(18)7-12)15(23)9-24-16-20-19-10-22(16)11(2)3/h5-7,10-11H,4,8-9H2,1-3H3. The number of thioether (sulfide) groups is 1. The van der Waals surface area contributed by atoms with Gasteiger partial charge in [-0.15, -0.1) is 10.2 Å². The average Bonchev–Trinajstić information content (AvgIpc) is 3.02. The van der Waals surface area contributed by atoms with Gasteiger partial charge < -0.3 is 9.47 Å². The largest absolute Gasteiger partial charge is 0.338 e. The van der Waals surface area contributed by atoms with Crippen molar-refractivity contribution < 1.29 is 4.79 Å². The van der Waals surface area contributed by atoms with Crippen LogP contribution in [0.25, 0.3) is 0 Å². The van der Waals surface area contributed by atoms with Crippen LogP contribution in [-0.2, 0) is 11.3 Å². The van der Waals surface area contributed by atoms with E-state index in [0.29, 0.717) is 28.9 Å². The smallest absolute Gasteiger partial charge is 0.233 e. The van der Waals surface area contributed by atoms with Crippen LogP contribution in [0.5, 0.6) is 0 Å². The zero-order valence-corrected chi connectivity index (χ0v) is 16.2. The van der Waals surface area contributed by atoms with E-state index in [0.717, 1.165) is 10.7 Å². The van der Waals surface area contributed by atoms with Gasteiger partial charge in [-0.1, -0.05) is 41.0 Å². The molecule has 0 spiro atoms. The maximum Gasteiger partial charge on any atom is 0.233 e. The van der Waals surface area contributed by atoms with E-state index in [1.807, 2.05) is 17.6 Å². The van der Waals surface area contributed by atoms with E-state index in [1.54, 1.807) is 23.4 Å². The maximum absolute atomic E-state index is 12.5. The zero-order chi connectivity index (χ0) is 17.7. The molecule has 0 N–H and O–H groups in total. The first-order valence-corrected chi connectivity index (χ1v) is 9.40. The van der Waals surface area contributed by atoms with Crippen molar-refractivity contribution in [1.82, 2.24) is 19.7 Å². The predicted octanol–water partition coefficient (Wildman–Crippen LogP) is 4.31. The number of hydrogen-bond acceptors (Lipinski definition) is 4. The molecule has 0 aliphatic heterocycles. The second-order valence-electron chi connectivity index (χ2n) is 5.56. The van der Waals surface area contributed by atoms with E-state index >= 15 is 0 Å². The molecule has 0 aliphatic carbocycles. The molecule has 1 amide bonds. The van der Waals surface area contributed by atoms with Gasteiger partial charge in [0.2, 0.25) is 5.91 Å². The third kappa shape index (κ3) is 4.88. The summed E-state index contributed by atoms with van der Waals surface area (Å²) in [6.45, 7) is 7.19. The molecule has 1 aromatic carbocycles. The fourth-order valence-corrected chi connectivity index (χ4v) is 3.41. The summed E-state index contributed by atoms with van der Waals surface area (Å²) in [5.74, 6) is 0.368. The van der Waals surface area contributed by atoms with E-state index in [2.05, 4.69) is 24.0 Å². The fraction of sp³-hybridized carbons (Fsp3) is 0.438. The van der Waals surface area contributed by atoms with E-state index in [-0.39, 0.29) is 11.9 Å². The lowest BCUT2D eigenvalue weighted by Gasteiger charge is -2.21. The molecule has 0 fully saturated rings. The van der Waals surface area contributed by atoms with Crippen LogP contribution in [0.4, 0.5) is 0 Å². The summed E-state index contributed by atoms with van der Waals surface area (Å²) in [4.78, 5) is 14.3. The van der Waals surface area contributed by atoms with Gasteiger partial charge in [-0.25, -0.2) is 0 Å². The van der Waals surface area contributed by atoms with Crippen LogP contribution < -0.4 is 0 Å². The zero-order valence-electron chi connectivity index (χ0n) is 13.9. The van der Waals surface area contributed by atoms with Gasteiger partial charge in [-0.05, 0) is 38.5 Å². The number of nitrogens with zero attached hydrogens (tertiary/aromatic N) is 4. The molecular weight excluding hydrogens is 367 g/mol. The SMILES string of the molecule is CCN(Cc1ccc(Cl)c(Cl)c1)C(=O)CSc1nncn1C(C)C. The van der Waals surface area contributed by atoms with Crippen LogP contribution in [0, 0.1) is 0 Å². The monoisotopic (exact) mass is 386 g/mol. The lowest BCUT2D eigenvalue weighted by atomic mass is 10.2. The molecule has 8 heteroatoms. The minimum atomic E-state index is 0.0480. The Bertz CT molecular complexity index is 705. The minimum absolute atomic E-state index is 0.0480. The summed E-state index contributed by atoms with van der Waals surface area (Å²) in [5, 5.41) is 9.75. The van der Waals surface area contributed by atoms with E-state index in [1.165, 1.54) is 11.8 Å². The van der Waals surface area contributed by atoms with Crippen LogP contribution in [0.3, 0.4) is 0 Å². The summed E-state index contributed by atoms with van der Waals surface area (Å²) in [6, 6.07) is 5.68. The molecule has 2 rings (SSSR count). The first-order valence-electron chi connectivity index (χ1n) is 7.66. The van der Waals surface area contributed by atoms with Crippen molar-refractivity contribution in [2.45, 2.75) is 38.5 Å². The lowest BCUT2D eigenvalue weighted by Crippen LogP contribution is -2.31. The number of rotatable bonds is 7. The summed E-state index contributed by atoms with van der Waals surface area (Å²) < 4.78 is 1.95. The van der Waals surface area contributed by atoms with Crippen molar-refractivity contribution in [3.63, 3.8) is 0 Å². The molecule has 0 aliphatic rings. The topological polar surface area (TPSA) is 51.0 Å². The Morgan fingerprint density at radius 1 is 1.33 bits per heavy atom. The van der Waals surface area contributed by atoms with Gasteiger partial charge in [-0.2, -0.15) is 0 Å². The predicted molar refractivity (Wildman–Crippen MR) is 98.7 cm³/mol. The van der Waals surface area contributed by atoms with Crippen molar-refractivity contribution in [1.29, 1.82) is 0 Å². The number of aromatic nitrogens is 3. The third-order valence-electron chi connectivity index (χ3n) is 3.51. The molecule has 0 bridgehead atoms. The second-order valence-corrected chi connectivity index (χ2v) is 7.32. The molecule has 1 heterocycles. The van der Waals surface area contributed by atoms with Gasteiger partial charge in [0.15, 0.2) is 5.16 Å². The molecule has 0 saturated heterocycles. The van der Waals surface area contributed by atoms with Gasteiger partial charge in [0, 0.05) is 19.1 Å². The molecule has 0 unspecified atom stereocenters. The van der Waals surface area contributed by atoms with Gasteiger partial charge in [0.05, 0.1) is 15.8 Å². The second kappa shape index (κ2) is 8.74. The Labute approximate surface area is 156 Å². The van der Waals surface area contributed by atoms with Gasteiger partial charge >= 0.3 is 0 Å². The summed E-state index contributed by atoms with van der Waals surface area (Å²) in [6.07, 6.45) is 1.69. The lowest BCUT2D eigenvalue weighted by molar-refractivity contribution is -0.128. The molecule has 5 nitrogen and oxygen atoms in total. The Morgan fingerprint density at radius 3 is 2.71 bits per heavy atom. The highest BCUT2D eigenvalue weighted by Gasteiger charge is 2.16. The van der Waals surface area contributed by atoms with E-state index in [9.17, 15) is 4.79 Å². The van der Waals surface area contributed by atoms with Crippen LogP contribution in [-0.4, -0.2) is 37.9 Å². The average molecular weight is 387 g/mol. The van der Waals surface area contributed by atoms with Crippen LogP contribution in [0.2, 0.25) is 10.0 Å². The number of halogens is 2. The molecule has 0 saturated carbocycles. The molecule has 0 radical (unpaired) electrons. The Hall–Kier alpha value is -1.24.